The average Bonchev–Trinajstić information content (AvgIpc) is 2.67. The van der Waals surface area contributed by atoms with E-state index in [4.69, 9.17) is 0 Å². The van der Waals surface area contributed by atoms with E-state index < -0.39 is 4.92 Å². The van der Waals surface area contributed by atoms with Crippen molar-refractivity contribution < 1.29 is 4.92 Å². The van der Waals surface area contributed by atoms with Crippen LogP contribution in [0.4, 0.5) is 11.4 Å². The number of hydrogen-bond donors (Lipinski definition) is 1. The monoisotopic (exact) mass is 331 g/mol. The summed E-state index contributed by atoms with van der Waals surface area (Å²) in [6, 6.07) is 24.5. The van der Waals surface area contributed by atoms with Crippen molar-refractivity contribution in [2.24, 2.45) is 5.10 Å². The van der Waals surface area contributed by atoms with Crippen molar-refractivity contribution in [3.8, 4) is 11.1 Å². The lowest BCUT2D eigenvalue weighted by Crippen LogP contribution is -2.00. The van der Waals surface area contributed by atoms with Gasteiger partial charge in [-0.05, 0) is 29.7 Å². The molecule has 0 aliphatic carbocycles. The summed E-state index contributed by atoms with van der Waals surface area (Å²) in [7, 11) is 0. The van der Waals surface area contributed by atoms with Crippen molar-refractivity contribution in [2.45, 2.75) is 6.92 Å². The highest BCUT2D eigenvalue weighted by Gasteiger charge is 2.05. The molecule has 0 saturated carbocycles. The molecule has 0 unspecified atom stereocenters. The predicted molar refractivity (Wildman–Crippen MR) is 101 cm³/mol. The van der Waals surface area contributed by atoms with E-state index in [1.807, 2.05) is 37.3 Å². The highest BCUT2D eigenvalue weighted by atomic mass is 16.6. The Hall–Kier alpha value is -3.47. The first kappa shape index (κ1) is 16.4. The number of non-ortho nitro benzene ring substituents is 1. The number of nitrogens with one attached hydrogen (secondary N) is 1. The molecule has 0 amide bonds. The maximum atomic E-state index is 10.8. The summed E-state index contributed by atoms with van der Waals surface area (Å²) >= 11 is 0. The third-order valence-electron chi connectivity index (χ3n) is 3.82. The van der Waals surface area contributed by atoms with Crippen LogP contribution in [-0.4, -0.2) is 10.6 Å². The number of nitro groups is 1. The average molecular weight is 331 g/mol. The van der Waals surface area contributed by atoms with Gasteiger partial charge in [-0.3, -0.25) is 15.5 Å². The van der Waals surface area contributed by atoms with Crippen molar-refractivity contribution in [3.63, 3.8) is 0 Å². The lowest BCUT2D eigenvalue weighted by atomic mass is 10.0. The Balaban J connectivity index is 1.74. The standard InChI is InChI=1S/C20H17N3O2/c1-15(21-22-19-8-5-9-20(14-19)23(24)25)16-10-12-18(13-11-16)17-6-3-2-4-7-17/h2-14,22H,1H3/b21-15-. The molecule has 0 aromatic heterocycles. The van der Waals surface area contributed by atoms with Crippen LogP contribution in [0.1, 0.15) is 12.5 Å². The predicted octanol–water partition coefficient (Wildman–Crippen LogP) is 5.10. The molecular weight excluding hydrogens is 314 g/mol. The van der Waals surface area contributed by atoms with Crippen LogP contribution in [-0.2, 0) is 0 Å². The molecular formula is C20H17N3O2. The van der Waals surface area contributed by atoms with Crippen LogP contribution >= 0.6 is 0 Å². The van der Waals surface area contributed by atoms with E-state index >= 15 is 0 Å². The fraction of sp³-hybridized carbons (Fsp3) is 0.0500. The van der Waals surface area contributed by atoms with Crippen LogP contribution in [0.2, 0.25) is 0 Å². The Labute approximate surface area is 145 Å². The molecule has 0 bridgehead atoms. The first-order valence-corrected chi connectivity index (χ1v) is 7.84. The van der Waals surface area contributed by atoms with Crippen molar-refractivity contribution in [3.05, 3.63) is 94.5 Å². The van der Waals surface area contributed by atoms with Gasteiger partial charge in [0.05, 0.1) is 16.3 Å². The minimum Gasteiger partial charge on any atom is -0.278 e. The molecule has 1 N–H and O–H groups in total. The van der Waals surface area contributed by atoms with Crippen molar-refractivity contribution >= 4 is 17.1 Å². The van der Waals surface area contributed by atoms with E-state index in [0.29, 0.717) is 5.69 Å². The molecule has 0 aliphatic heterocycles. The zero-order chi connectivity index (χ0) is 17.6. The van der Waals surface area contributed by atoms with Gasteiger partial charge in [0.2, 0.25) is 0 Å². The Kier molecular flexibility index (Phi) is 4.85. The van der Waals surface area contributed by atoms with Crippen LogP contribution in [0.3, 0.4) is 0 Å². The number of rotatable bonds is 5. The van der Waals surface area contributed by atoms with Gasteiger partial charge in [0.1, 0.15) is 0 Å². The molecule has 5 nitrogen and oxygen atoms in total. The molecule has 3 aromatic carbocycles. The summed E-state index contributed by atoms with van der Waals surface area (Å²) in [6.45, 7) is 1.89. The summed E-state index contributed by atoms with van der Waals surface area (Å²) in [5.74, 6) is 0. The maximum Gasteiger partial charge on any atom is 0.271 e. The molecule has 3 aromatic rings. The first-order valence-electron chi connectivity index (χ1n) is 7.84. The summed E-state index contributed by atoms with van der Waals surface area (Å²) < 4.78 is 0. The largest absolute Gasteiger partial charge is 0.278 e. The lowest BCUT2D eigenvalue weighted by Gasteiger charge is -2.06. The topological polar surface area (TPSA) is 67.5 Å². The van der Waals surface area contributed by atoms with Gasteiger partial charge in [-0.15, -0.1) is 0 Å². The second-order valence-electron chi connectivity index (χ2n) is 5.56. The summed E-state index contributed by atoms with van der Waals surface area (Å²) in [4.78, 5) is 10.4. The van der Waals surface area contributed by atoms with Gasteiger partial charge < -0.3 is 0 Å². The SMILES string of the molecule is C/C(=N/Nc1cccc([N+](=O)[O-])c1)c1ccc(-c2ccccc2)cc1. The van der Waals surface area contributed by atoms with E-state index in [-0.39, 0.29) is 5.69 Å². The molecule has 0 atom stereocenters. The molecule has 0 fully saturated rings. The normalized spacial score (nSPS) is 11.2. The second-order valence-corrected chi connectivity index (χ2v) is 5.56. The van der Waals surface area contributed by atoms with Crippen molar-refractivity contribution in [1.82, 2.24) is 0 Å². The number of nitrogens with zero attached hydrogens (tertiary/aromatic N) is 2. The third-order valence-corrected chi connectivity index (χ3v) is 3.82. The number of hydrazone groups is 1. The maximum absolute atomic E-state index is 10.8. The van der Waals surface area contributed by atoms with Crippen molar-refractivity contribution in [1.29, 1.82) is 0 Å². The van der Waals surface area contributed by atoms with Crippen LogP contribution in [0.15, 0.2) is 84.0 Å². The van der Waals surface area contributed by atoms with E-state index in [1.165, 1.54) is 17.7 Å². The Morgan fingerprint density at radius 1 is 0.920 bits per heavy atom. The summed E-state index contributed by atoms with van der Waals surface area (Å²) in [5, 5.41) is 15.1. The van der Waals surface area contributed by atoms with Gasteiger partial charge in [-0.2, -0.15) is 5.10 Å². The van der Waals surface area contributed by atoms with Gasteiger partial charge in [0.15, 0.2) is 0 Å². The molecule has 3 rings (SSSR count). The van der Waals surface area contributed by atoms with Gasteiger partial charge in [0.25, 0.3) is 5.69 Å². The van der Waals surface area contributed by atoms with Gasteiger partial charge in [0, 0.05) is 12.1 Å². The minimum atomic E-state index is -0.427. The highest BCUT2D eigenvalue weighted by Crippen LogP contribution is 2.20. The van der Waals surface area contributed by atoms with E-state index in [2.05, 4.69) is 34.8 Å². The minimum absolute atomic E-state index is 0.0325. The van der Waals surface area contributed by atoms with Crippen LogP contribution in [0, 0.1) is 10.1 Å². The molecule has 124 valence electrons. The third kappa shape index (κ3) is 4.09. The Morgan fingerprint density at radius 3 is 2.28 bits per heavy atom. The first-order chi connectivity index (χ1) is 12.1. The molecule has 0 radical (unpaired) electrons. The van der Waals surface area contributed by atoms with Crippen LogP contribution < -0.4 is 5.43 Å². The molecule has 0 spiro atoms. The fourth-order valence-electron chi connectivity index (χ4n) is 2.44. The Bertz CT molecular complexity index is 904. The molecule has 0 heterocycles. The van der Waals surface area contributed by atoms with E-state index in [1.54, 1.807) is 12.1 Å². The quantitative estimate of drug-likeness (QED) is 0.402. The van der Waals surface area contributed by atoms with Gasteiger partial charge in [-0.1, -0.05) is 60.7 Å². The number of anilines is 1. The number of hydrogen-bond acceptors (Lipinski definition) is 4. The van der Waals surface area contributed by atoms with Gasteiger partial charge >= 0.3 is 0 Å². The molecule has 25 heavy (non-hydrogen) atoms. The zero-order valence-corrected chi connectivity index (χ0v) is 13.7. The fourth-order valence-corrected chi connectivity index (χ4v) is 2.44. The number of nitro benzene ring substituents is 1. The lowest BCUT2D eigenvalue weighted by molar-refractivity contribution is -0.384. The highest BCUT2D eigenvalue weighted by molar-refractivity contribution is 5.99. The number of benzene rings is 3. The van der Waals surface area contributed by atoms with Crippen molar-refractivity contribution in [2.75, 3.05) is 5.43 Å². The Morgan fingerprint density at radius 2 is 1.60 bits per heavy atom. The summed E-state index contributed by atoms with van der Waals surface area (Å²) in [5.41, 5.74) is 7.57. The molecule has 0 saturated heterocycles. The van der Waals surface area contributed by atoms with E-state index in [0.717, 1.165) is 16.8 Å². The molecule has 0 aliphatic rings. The van der Waals surface area contributed by atoms with Crippen LogP contribution in [0.5, 0.6) is 0 Å². The summed E-state index contributed by atoms with van der Waals surface area (Å²) in [6.07, 6.45) is 0. The van der Waals surface area contributed by atoms with Gasteiger partial charge in [-0.25, -0.2) is 0 Å². The smallest absolute Gasteiger partial charge is 0.271 e. The zero-order valence-electron chi connectivity index (χ0n) is 13.7. The van der Waals surface area contributed by atoms with E-state index in [9.17, 15) is 10.1 Å². The molecule has 5 heteroatoms. The van der Waals surface area contributed by atoms with Crippen LogP contribution in [0.25, 0.3) is 11.1 Å². The second kappa shape index (κ2) is 7.40.